The van der Waals surface area contributed by atoms with Gasteiger partial charge in [-0.15, -0.1) is 0 Å². The molecule has 4 nitrogen and oxygen atoms in total. The van der Waals surface area contributed by atoms with Crippen molar-refractivity contribution in [1.29, 1.82) is 0 Å². The van der Waals surface area contributed by atoms with Gasteiger partial charge in [-0.05, 0) is 20.8 Å². The Bertz CT molecular complexity index is 326. The van der Waals surface area contributed by atoms with Gasteiger partial charge < -0.3 is 15.8 Å². The van der Waals surface area contributed by atoms with Gasteiger partial charge in [0.15, 0.2) is 0 Å². The molecule has 0 aliphatic rings. The largest absolute Gasteiger partial charge is 0.397 e. The van der Waals surface area contributed by atoms with Crippen LogP contribution in [-0.4, -0.2) is 18.1 Å². The third-order valence-corrected chi connectivity index (χ3v) is 2.22. The fraction of sp³-hybridized carbons (Fsp3) is 0.615. The average molecular weight is 239 g/mol. The van der Waals surface area contributed by atoms with Crippen LogP contribution in [0.4, 0.5) is 11.4 Å². The molecule has 1 atom stereocenters. The normalized spacial score (nSPS) is 11.7. The van der Waals surface area contributed by atoms with E-state index in [1.54, 1.807) is 19.5 Å². The molecular formula is C13H25N3O. The zero-order valence-corrected chi connectivity index (χ0v) is 11.7. The number of rotatable bonds is 4. The van der Waals surface area contributed by atoms with Gasteiger partial charge in [-0.25, -0.2) is 0 Å². The molecule has 0 aliphatic carbocycles. The predicted octanol–water partition coefficient (Wildman–Crippen LogP) is 3.22. The van der Waals surface area contributed by atoms with Gasteiger partial charge in [-0.1, -0.05) is 13.8 Å². The van der Waals surface area contributed by atoms with Crippen LogP contribution >= 0.6 is 0 Å². The van der Waals surface area contributed by atoms with Gasteiger partial charge in [0.25, 0.3) is 0 Å². The maximum atomic E-state index is 5.89. The topological polar surface area (TPSA) is 60.2 Å². The summed E-state index contributed by atoms with van der Waals surface area (Å²) >= 11 is 0. The third-order valence-electron chi connectivity index (χ3n) is 2.22. The average Bonchev–Trinajstić information content (AvgIpc) is 2.30. The van der Waals surface area contributed by atoms with Crippen molar-refractivity contribution in [2.75, 3.05) is 18.2 Å². The van der Waals surface area contributed by atoms with Crippen LogP contribution in [0.15, 0.2) is 12.4 Å². The summed E-state index contributed by atoms with van der Waals surface area (Å²) < 4.78 is 5.29. The van der Waals surface area contributed by atoms with E-state index in [-0.39, 0.29) is 6.10 Å². The first-order valence-corrected chi connectivity index (χ1v) is 6.09. The minimum absolute atomic E-state index is 0.0331. The summed E-state index contributed by atoms with van der Waals surface area (Å²) in [6.07, 6.45) is 3.40. The Morgan fingerprint density at radius 3 is 2.29 bits per heavy atom. The van der Waals surface area contributed by atoms with Crippen molar-refractivity contribution in [3.05, 3.63) is 18.0 Å². The smallest absolute Gasteiger partial charge is 0.0834 e. The van der Waals surface area contributed by atoms with E-state index in [4.69, 9.17) is 10.5 Å². The molecule has 0 saturated carbocycles. The van der Waals surface area contributed by atoms with Crippen LogP contribution in [0, 0.1) is 0 Å². The van der Waals surface area contributed by atoms with Crippen molar-refractivity contribution in [1.82, 2.24) is 4.98 Å². The zero-order chi connectivity index (χ0) is 13.4. The fourth-order valence-corrected chi connectivity index (χ4v) is 1.48. The van der Waals surface area contributed by atoms with Crippen molar-refractivity contribution >= 4 is 11.4 Å². The van der Waals surface area contributed by atoms with E-state index in [0.29, 0.717) is 11.7 Å². The second-order valence-electron chi connectivity index (χ2n) is 3.87. The second kappa shape index (κ2) is 7.90. The standard InChI is InChI=1S/C11H19N3O.C2H6/c1-7(2)14-10-6-13-5-9(12)11(10)8(3)15-4;1-2/h5-8,14H,12H2,1-4H3;1-2H3. The van der Waals surface area contributed by atoms with Crippen LogP contribution in [0.1, 0.15) is 46.3 Å². The van der Waals surface area contributed by atoms with Gasteiger partial charge in [0.2, 0.25) is 0 Å². The van der Waals surface area contributed by atoms with Crippen LogP contribution in [0.5, 0.6) is 0 Å². The number of nitrogen functional groups attached to an aromatic ring is 1. The van der Waals surface area contributed by atoms with Crippen molar-refractivity contribution in [3.8, 4) is 0 Å². The van der Waals surface area contributed by atoms with E-state index in [2.05, 4.69) is 24.1 Å². The first-order valence-electron chi connectivity index (χ1n) is 6.09. The Hall–Kier alpha value is -1.29. The lowest BCUT2D eigenvalue weighted by Gasteiger charge is -2.19. The summed E-state index contributed by atoms with van der Waals surface area (Å²) in [6, 6.07) is 0.344. The highest BCUT2D eigenvalue weighted by Gasteiger charge is 2.14. The number of hydrogen-bond donors (Lipinski definition) is 2. The molecular weight excluding hydrogens is 214 g/mol. The SMILES string of the molecule is CC.COC(C)c1c(N)cncc1NC(C)C. The van der Waals surface area contributed by atoms with Gasteiger partial charge >= 0.3 is 0 Å². The lowest BCUT2D eigenvalue weighted by Crippen LogP contribution is -2.14. The third kappa shape index (κ3) is 4.61. The zero-order valence-electron chi connectivity index (χ0n) is 11.7. The molecule has 1 aromatic heterocycles. The van der Waals surface area contributed by atoms with Crippen molar-refractivity contribution in [3.63, 3.8) is 0 Å². The van der Waals surface area contributed by atoms with E-state index < -0.39 is 0 Å². The molecule has 0 radical (unpaired) electrons. The van der Waals surface area contributed by atoms with E-state index >= 15 is 0 Å². The Kier molecular flexibility index (Phi) is 7.30. The van der Waals surface area contributed by atoms with Crippen LogP contribution < -0.4 is 11.1 Å². The number of nitrogens with one attached hydrogen (secondary N) is 1. The molecule has 4 heteroatoms. The summed E-state index contributed by atoms with van der Waals surface area (Å²) in [7, 11) is 1.67. The Morgan fingerprint density at radius 1 is 1.24 bits per heavy atom. The molecule has 0 bridgehead atoms. The van der Waals surface area contributed by atoms with Crippen LogP contribution in [0.2, 0.25) is 0 Å². The lowest BCUT2D eigenvalue weighted by molar-refractivity contribution is 0.120. The quantitative estimate of drug-likeness (QED) is 0.847. The number of ether oxygens (including phenoxy) is 1. The lowest BCUT2D eigenvalue weighted by atomic mass is 10.1. The van der Waals surface area contributed by atoms with Gasteiger partial charge in [0.05, 0.1) is 29.9 Å². The molecule has 1 aromatic rings. The molecule has 3 N–H and O–H groups in total. The summed E-state index contributed by atoms with van der Waals surface area (Å²) in [5.41, 5.74) is 8.47. The highest BCUT2D eigenvalue weighted by molar-refractivity contribution is 5.62. The number of anilines is 2. The van der Waals surface area contributed by atoms with Crippen LogP contribution in [0.3, 0.4) is 0 Å². The summed E-state index contributed by atoms with van der Waals surface area (Å²) in [6.45, 7) is 10.1. The summed E-state index contributed by atoms with van der Waals surface area (Å²) in [5, 5.41) is 3.31. The second-order valence-corrected chi connectivity index (χ2v) is 3.87. The van der Waals surface area contributed by atoms with Crippen LogP contribution in [0.25, 0.3) is 0 Å². The first kappa shape index (κ1) is 15.7. The Morgan fingerprint density at radius 2 is 1.82 bits per heavy atom. The number of nitrogens with zero attached hydrogens (tertiary/aromatic N) is 1. The van der Waals surface area contributed by atoms with Gasteiger partial charge in [0.1, 0.15) is 0 Å². The maximum absolute atomic E-state index is 5.89. The van der Waals surface area contributed by atoms with Crippen LogP contribution in [-0.2, 0) is 4.74 Å². The van der Waals surface area contributed by atoms with E-state index in [9.17, 15) is 0 Å². The van der Waals surface area contributed by atoms with Gasteiger partial charge in [-0.3, -0.25) is 4.98 Å². The molecule has 0 fully saturated rings. The van der Waals surface area contributed by atoms with Crippen molar-refractivity contribution in [2.24, 2.45) is 0 Å². The highest BCUT2D eigenvalue weighted by atomic mass is 16.5. The molecule has 1 heterocycles. The monoisotopic (exact) mass is 239 g/mol. The number of aromatic nitrogens is 1. The Labute approximate surface area is 105 Å². The number of methoxy groups -OCH3 is 1. The molecule has 0 amide bonds. The maximum Gasteiger partial charge on any atom is 0.0834 e. The van der Waals surface area contributed by atoms with Gasteiger partial charge in [0, 0.05) is 18.7 Å². The molecule has 0 saturated heterocycles. The molecule has 0 spiro atoms. The molecule has 0 aromatic carbocycles. The number of nitrogens with two attached hydrogens (primary N) is 1. The Balaban J connectivity index is 0.00000121. The first-order chi connectivity index (χ1) is 8.06. The highest BCUT2D eigenvalue weighted by Crippen LogP contribution is 2.29. The number of pyridine rings is 1. The molecule has 1 unspecified atom stereocenters. The minimum Gasteiger partial charge on any atom is -0.397 e. The summed E-state index contributed by atoms with van der Waals surface area (Å²) in [5.74, 6) is 0. The van der Waals surface area contributed by atoms with Crippen molar-refractivity contribution < 1.29 is 4.74 Å². The fourth-order valence-electron chi connectivity index (χ4n) is 1.48. The van der Waals surface area contributed by atoms with E-state index in [0.717, 1.165) is 11.3 Å². The molecule has 98 valence electrons. The molecule has 1 rings (SSSR count). The molecule has 17 heavy (non-hydrogen) atoms. The predicted molar refractivity (Wildman–Crippen MR) is 74.2 cm³/mol. The molecule has 0 aliphatic heterocycles. The van der Waals surface area contributed by atoms with Gasteiger partial charge in [-0.2, -0.15) is 0 Å². The summed E-state index contributed by atoms with van der Waals surface area (Å²) in [4.78, 5) is 4.07. The van der Waals surface area contributed by atoms with E-state index in [1.807, 2.05) is 20.8 Å². The van der Waals surface area contributed by atoms with E-state index in [1.165, 1.54) is 0 Å². The number of hydrogen-bond acceptors (Lipinski definition) is 4. The minimum atomic E-state index is -0.0331. The van der Waals surface area contributed by atoms with Crippen molar-refractivity contribution in [2.45, 2.75) is 46.8 Å².